The zero-order valence-corrected chi connectivity index (χ0v) is 10.3. The minimum absolute atomic E-state index is 0.457. The third-order valence-electron chi connectivity index (χ3n) is 2.62. The molecule has 0 unspecified atom stereocenters. The number of aromatic nitrogens is 4. The monoisotopic (exact) mass is 260 g/mol. The van der Waals surface area contributed by atoms with E-state index in [9.17, 15) is 0 Å². The Morgan fingerprint density at radius 2 is 2.00 bits per heavy atom. The molecule has 3 aromatic rings. The molecule has 0 atom stereocenters. The van der Waals surface area contributed by atoms with Crippen LogP contribution in [0.4, 0.5) is 0 Å². The fourth-order valence-electron chi connectivity index (χ4n) is 1.82. The number of hydrogen-bond donors (Lipinski definition) is 0. The maximum atomic E-state index is 6.13. The number of halogens is 1. The van der Waals surface area contributed by atoms with Gasteiger partial charge in [-0.3, -0.25) is 9.38 Å². The lowest BCUT2D eigenvalue weighted by Crippen LogP contribution is -1.94. The van der Waals surface area contributed by atoms with E-state index >= 15 is 0 Å². The summed E-state index contributed by atoms with van der Waals surface area (Å²) in [5, 5.41) is 8.64. The van der Waals surface area contributed by atoms with Gasteiger partial charge in [0.1, 0.15) is 10.9 Å². The minimum Gasteiger partial charge on any atom is -0.496 e. The van der Waals surface area contributed by atoms with E-state index in [4.69, 9.17) is 16.3 Å². The first-order valence-corrected chi connectivity index (χ1v) is 5.67. The minimum atomic E-state index is 0.457. The lowest BCUT2D eigenvalue weighted by atomic mass is 10.2. The summed E-state index contributed by atoms with van der Waals surface area (Å²) in [4.78, 5) is 3.98. The molecule has 0 saturated carbocycles. The molecule has 6 heteroatoms. The van der Waals surface area contributed by atoms with Crippen LogP contribution in [0.1, 0.15) is 0 Å². The molecule has 1 aromatic carbocycles. The highest BCUT2D eigenvalue weighted by Crippen LogP contribution is 2.29. The normalized spacial score (nSPS) is 10.8. The molecule has 2 heterocycles. The molecular formula is C12H9ClN4O. The first-order chi connectivity index (χ1) is 8.81. The predicted molar refractivity (Wildman–Crippen MR) is 67.8 cm³/mol. The summed E-state index contributed by atoms with van der Waals surface area (Å²) in [6.07, 6.45) is 3.16. The van der Waals surface area contributed by atoms with Gasteiger partial charge < -0.3 is 4.74 Å². The van der Waals surface area contributed by atoms with E-state index in [-0.39, 0.29) is 0 Å². The van der Waals surface area contributed by atoms with Crippen molar-refractivity contribution in [2.24, 2.45) is 0 Å². The third kappa shape index (κ3) is 1.60. The number of hydrogen-bond acceptors (Lipinski definition) is 4. The number of methoxy groups -OCH3 is 1. The van der Waals surface area contributed by atoms with Crippen LogP contribution in [0.25, 0.3) is 17.0 Å². The highest BCUT2D eigenvalue weighted by Gasteiger charge is 2.14. The van der Waals surface area contributed by atoms with Crippen molar-refractivity contribution in [1.82, 2.24) is 19.6 Å². The molecule has 0 N–H and O–H groups in total. The van der Waals surface area contributed by atoms with Crippen LogP contribution in [0, 0.1) is 0 Å². The van der Waals surface area contributed by atoms with Crippen LogP contribution in [-0.2, 0) is 0 Å². The Kier molecular flexibility index (Phi) is 2.60. The molecule has 5 nitrogen and oxygen atoms in total. The third-order valence-corrected chi connectivity index (χ3v) is 2.89. The molecule has 0 bridgehead atoms. The van der Waals surface area contributed by atoms with Crippen molar-refractivity contribution in [3.63, 3.8) is 0 Å². The molecule has 2 aromatic heterocycles. The van der Waals surface area contributed by atoms with E-state index in [0.717, 1.165) is 11.3 Å². The van der Waals surface area contributed by atoms with Gasteiger partial charge in [0.25, 0.3) is 0 Å². The van der Waals surface area contributed by atoms with E-state index in [1.54, 1.807) is 23.9 Å². The standard InChI is InChI=1S/C12H9ClN4O/c1-18-9-5-3-2-4-8(9)12-16-15-11-7-14-6-10(13)17(11)12/h2-7H,1H3. The van der Waals surface area contributed by atoms with Crippen molar-refractivity contribution < 1.29 is 4.74 Å². The highest BCUT2D eigenvalue weighted by molar-refractivity contribution is 6.29. The summed E-state index contributed by atoms with van der Waals surface area (Å²) in [5.41, 5.74) is 1.43. The number of para-hydroxylation sites is 1. The van der Waals surface area contributed by atoms with Crippen molar-refractivity contribution in [3.05, 3.63) is 41.8 Å². The maximum Gasteiger partial charge on any atom is 0.180 e. The molecule has 90 valence electrons. The quantitative estimate of drug-likeness (QED) is 0.710. The van der Waals surface area contributed by atoms with Gasteiger partial charge >= 0.3 is 0 Å². The Labute approximate surface area is 108 Å². The number of ether oxygens (including phenoxy) is 1. The van der Waals surface area contributed by atoms with Gasteiger partial charge in [0.05, 0.1) is 25.1 Å². The number of benzene rings is 1. The van der Waals surface area contributed by atoms with Gasteiger partial charge in [0.2, 0.25) is 0 Å². The second-order valence-electron chi connectivity index (χ2n) is 3.65. The molecule has 0 aliphatic heterocycles. The lowest BCUT2D eigenvalue weighted by molar-refractivity contribution is 0.416. The second-order valence-corrected chi connectivity index (χ2v) is 4.03. The molecule has 18 heavy (non-hydrogen) atoms. The average molecular weight is 261 g/mol. The molecule has 0 radical (unpaired) electrons. The van der Waals surface area contributed by atoms with Gasteiger partial charge in [-0.05, 0) is 12.1 Å². The topological polar surface area (TPSA) is 52.3 Å². The Bertz CT molecular complexity index is 710. The Balaban J connectivity index is 2.32. The molecule has 0 aliphatic rings. The molecule has 0 amide bonds. The summed E-state index contributed by atoms with van der Waals surface area (Å²) in [6, 6.07) is 7.58. The van der Waals surface area contributed by atoms with Gasteiger partial charge in [0, 0.05) is 0 Å². The first kappa shape index (κ1) is 11.0. The SMILES string of the molecule is COc1ccccc1-c1nnc2cncc(Cl)n12. The van der Waals surface area contributed by atoms with Gasteiger partial charge in [0.15, 0.2) is 11.5 Å². The van der Waals surface area contributed by atoms with Crippen LogP contribution in [0.2, 0.25) is 5.15 Å². The molecule has 0 aliphatic carbocycles. The Morgan fingerprint density at radius 1 is 1.17 bits per heavy atom. The van der Waals surface area contributed by atoms with E-state index in [1.807, 2.05) is 24.3 Å². The molecule has 0 fully saturated rings. The van der Waals surface area contributed by atoms with Crippen molar-refractivity contribution in [2.75, 3.05) is 7.11 Å². The second kappa shape index (κ2) is 4.27. The Hall–Kier alpha value is -2.14. The van der Waals surface area contributed by atoms with E-state index in [0.29, 0.717) is 16.6 Å². The van der Waals surface area contributed by atoms with Crippen LogP contribution in [0.3, 0.4) is 0 Å². The summed E-state index contributed by atoms with van der Waals surface area (Å²) >= 11 is 6.13. The summed E-state index contributed by atoms with van der Waals surface area (Å²) in [7, 11) is 1.62. The zero-order valence-electron chi connectivity index (χ0n) is 9.54. The molecule has 0 spiro atoms. The average Bonchev–Trinajstić information content (AvgIpc) is 2.84. The van der Waals surface area contributed by atoms with Crippen molar-refractivity contribution in [2.45, 2.75) is 0 Å². The van der Waals surface area contributed by atoms with Crippen LogP contribution in [-0.4, -0.2) is 26.7 Å². The Morgan fingerprint density at radius 3 is 2.83 bits per heavy atom. The van der Waals surface area contributed by atoms with Crippen LogP contribution in [0.5, 0.6) is 5.75 Å². The van der Waals surface area contributed by atoms with E-state index in [1.165, 1.54) is 0 Å². The maximum absolute atomic E-state index is 6.13. The van der Waals surface area contributed by atoms with Gasteiger partial charge in [-0.1, -0.05) is 23.7 Å². The largest absolute Gasteiger partial charge is 0.496 e. The van der Waals surface area contributed by atoms with Gasteiger partial charge in [-0.15, -0.1) is 10.2 Å². The van der Waals surface area contributed by atoms with Crippen molar-refractivity contribution in [1.29, 1.82) is 0 Å². The van der Waals surface area contributed by atoms with Gasteiger partial charge in [-0.25, -0.2) is 0 Å². The number of nitrogens with zero attached hydrogens (tertiary/aromatic N) is 4. The zero-order chi connectivity index (χ0) is 12.5. The fourth-order valence-corrected chi connectivity index (χ4v) is 2.04. The van der Waals surface area contributed by atoms with E-state index in [2.05, 4.69) is 15.2 Å². The molecule has 0 saturated heterocycles. The summed E-state index contributed by atoms with van der Waals surface area (Å²) in [5.74, 6) is 1.36. The van der Waals surface area contributed by atoms with Gasteiger partial charge in [-0.2, -0.15) is 0 Å². The highest BCUT2D eigenvalue weighted by atomic mass is 35.5. The van der Waals surface area contributed by atoms with Crippen LogP contribution in [0.15, 0.2) is 36.7 Å². The summed E-state index contributed by atoms with van der Waals surface area (Å²) < 4.78 is 7.05. The molecular weight excluding hydrogens is 252 g/mol. The number of fused-ring (bicyclic) bond motifs is 1. The van der Waals surface area contributed by atoms with Crippen molar-refractivity contribution in [3.8, 4) is 17.1 Å². The predicted octanol–water partition coefficient (Wildman–Crippen LogP) is 2.45. The fraction of sp³-hybridized carbons (Fsp3) is 0.0833. The molecule has 3 rings (SSSR count). The van der Waals surface area contributed by atoms with Crippen molar-refractivity contribution >= 4 is 17.2 Å². The number of rotatable bonds is 2. The summed E-state index contributed by atoms with van der Waals surface area (Å²) in [6.45, 7) is 0. The lowest BCUT2D eigenvalue weighted by Gasteiger charge is -2.06. The smallest absolute Gasteiger partial charge is 0.180 e. The van der Waals surface area contributed by atoms with E-state index < -0.39 is 0 Å². The first-order valence-electron chi connectivity index (χ1n) is 5.29. The van der Waals surface area contributed by atoms with Crippen LogP contribution >= 0.6 is 11.6 Å². The van der Waals surface area contributed by atoms with Crippen LogP contribution < -0.4 is 4.74 Å².